The van der Waals surface area contributed by atoms with Crippen molar-refractivity contribution in [2.24, 2.45) is 5.73 Å². The molecule has 0 radical (unpaired) electrons. The number of nitrogens with two attached hydrogens (primary N) is 1. The van der Waals surface area contributed by atoms with Crippen LogP contribution in [0.15, 0.2) is 15.9 Å². The standard InChI is InChI=1S/C9H14BrN3OS/c1-13(2)12-9(14)5-6(11)7-3-4-8(10)15-7/h3-4,6H,5,11H2,1-2H3,(H,12,14). The Morgan fingerprint density at radius 3 is 2.80 bits per heavy atom. The van der Waals surface area contributed by atoms with E-state index in [0.717, 1.165) is 8.66 Å². The first-order valence-corrected chi connectivity index (χ1v) is 6.07. The van der Waals surface area contributed by atoms with Gasteiger partial charge in [0, 0.05) is 31.4 Å². The minimum atomic E-state index is -0.235. The highest BCUT2D eigenvalue weighted by molar-refractivity contribution is 9.11. The third-order valence-electron chi connectivity index (χ3n) is 1.71. The molecule has 1 rings (SSSR count). The number of carbonyl (C=O) groups is 1. The first-order valence-electron chi connectivity index (χ1n) is 4.46. The van der Waals surface area contributed by atoms with Crippen molar-refractivity contribution >= 4 is 33.2 Å². The summed E-state index contributed by atoms with van der Waals surface area (Å²) in [6.45, 7) is 0. The van der Waals surface area contributed by atoms with Crippen LogP contribution in [0, 0.1) is 0 Å². The number of hydrazine groups is 1. The van der Waals surface area contributed by atoms with E-state index in [2.05, 4.69) is 21.4 Å². The number of thiophene rings is 1. The van der Waals surface area contributed by atoms with Crippen LogP contribution < -0.4 is 11.2 Å². The Kier molecular flexibility index (Phi) is 4.72. The van der Waals surface area contributed by atoms with Crippen LogP contribution in [-0.4, -0.2) is 25.0 Å². The van der Waals surface area contributed by atoms with Gasteiger partial charge in [-0.2, -0.15) is 0 Å². The van der Waals surface area contributed by atoms with E-state index >= 15 is 0 Å². The average Bonchev–Trinajstić information content (AvgIpc) is 2.49. The number of halogens is 1. The number of hydrogen-bond acceptors (Lipinski definition) is 4. The molecule has 3 N–H and O–H groups in total. The number of nitrogens with zero attached hydrogens (tertiary/aromatic N) is 1. The number of nitrogens with one attached hydrogen (secondary N) is 1. The summed E-state index contributed by atoms with van der Waals surface area (Å²) in [5.74, 6) is -0.0722. The Morgan fingerprint density at radius 2 is 2.33 bits per heavy atom. The highest BCUT2D eigenvalue weighted by atomic mass is 79.9. The van der Waals surface area contributed by atoms with Gasteiger partial charge >= 0.3 is 0 Å². The molecule has 1 unspecified atom stereocenters. The molecular weight excluding hydrogens is 278 g/mol. The van der Waals surface area contributed by atoms with Gasteiger partial charge in [0.25, 0.3) is 0 Å². The highest BCUT2D eigenvalue weighted by Crippen LogP contribution is 2.27. The lowest BCUT2D eigenvalue weighted by Gasteiger charge is -2.14. The SMILES string of the molecule is CN(C)NC(=O)CC(N)c1ccc(Br)s1. The quantitative estimate of drug-likeness (QED) is 0.827. The van der Waals surface area contributed by atoms with E-state index in [-0.39, 0.29) is 11.9 Å². The lowest BCUT2D eigenvalue weighted by molar-refractivity contribution is -0.125. The average molecular weight is 292 g/mol. The Balaban J connectivity index is 2.48. The molecule has 1 heterocycles. The molecule has 4 nitrogen and oxygen atoms in total. The Hall–Kier alpha value is -0.430. The molecule has 1 aromatic heterocycles. The zero-order valence-corrected chi connectivity index (χ0v) is 11.1. The van der Waals surface area contributed by atoms with Gasteiger partial charge in [0.15, 0.2) is 0 Å². The normalized spacial score (nSPS) is 12.9. The maximum atomic E-state index is 11.4. The number of amides is 1. The van der Waals surface area contributed by atoms with Gasteiger partial charge in [-0.05, 0) is 28.1 Å². The third kappa shape index (κ3) is 4.29. The molecule has 0 aliphatic rings. The maximum Gasteiger partial charge on any atom is 0.236 e. The van der Waals surface area contributed by atoms with Gasteiger partial charge in [-0.1, -0.05) is 0 Å². The molecule has 1 aromatic rings. The van der Waals surface area contributed by atoms with Crippen LogP contribution in [0.25, 0.3) is 0 Å². The fourth-order valence-corrected chi connectivity index (χ4v) is 2.55. The van der Waals surface area contributed by atoms with E-state index < -0.39 is 0 Å². The molecule has 0 aliphatic carbocycles. The van der Waals surface area contributed by atoms with Crippen molar-refractivity contribution in [3.63, 3.8) is 0 Å². The second kappa shape index (κ2) is 5.60. The van der Waals surface area contributed by atoms with E-state index in [1.165, 1.54) is 0 Å². The van der Waals surface area contributed by atoms with Gasteiger partial charge in [-0.15, -0.1) is 11.3 Å². The molecule has 84 valence electrons. The lowest BCUT2D eigenvalue weighted by atomic mass is 10.2. The fraction of sp³-hybridized carbons (Fsp3) is 0.444. The van der Waals surface area contributed by atoms with E-state index in [4.69, 9.17) is 5.73 Å². The minimum Gasteiger partial charge on any atom is -0.323 e. The summed E-state index contributed by atoms with van der Waals surface area (Å²) in [6, 6.07) is 3.63. The molecular formula is C9H14BrN3OS. The maximum absolute atomic E-state index is 11.4. The predicted octanol–water partition coefficient (Wildman–Crippen LogP) is 1.49. The summed E-state index contributed by atoms with van der Waals surface area (Å²) in [5, 5.41) is 1.61. The molecule has 15 heavy (non-hydrogen) atoms. The topological polar surface area (TPSA) is 58.4 Å². The van der Waals surface area contributed by atoms with Gasteiger partial charge in [-0.25, -0.2) is 5.01 Å². The van der Waals surface area contributed by atoms with Crippen LogP contribution >= 0.6 is 27.3 Å². The monoisotopic (exact) mass is 291 g/mol. The van der Waals surface area contributed by atoms with E-state index in [9.17, 15) is 4.79 Å². The Bertz CT molecular complexity index is 340. The van der Waals surface area contributed by atoms with Crippen molar-refractivity contribution in [3.05, 3.63) is 20.8 Å². The summed E-state index contributed by atoms with van der Waals surface area (Å²) in [4.78, 5) is 12.4. The molecule has 0 bridgehead atoms. The largest absolute Gasteiger partial charge is 0.323 e. The van der Waals surface area contributed by atoms with Crippen molar-refractivity contribution in [1.29, 1.82) is 0 Å². The summed E-state index contributed by atoms with van der Waals surface area (Å²) in [5.41, 5.74) is 8.55. The fourth-order valence-electron chi connectivity index (χ4n) is 1.12. The van der Waals surface area contributed by atoms with Crippen LogP contribution in [-0.2, 0) is 4.79 Å². The first kappa shape index (κ1) is 12.6. The van der Waals surface area contributed by atoms with Crippen molar-refractivity contribution < 1.29 is 4.79 Å². The highest BCUT2D eigenvalue weighted by Gasteiger charge is 2.13. The van der Waals surface area contributed by atoms with Crippen LogP contribution in [0.1, 0.15) is 17.3 Å². The molecule has 0 spiro atoms. The van der Waals surface area contributed by atoms with Crippen molar-refractivity contribution in [2.75, 3.05) is 14.1 Å². The van der Waals surface area contributed by atoms with Gasteiger partial charge in [0.2, 0.25) is 5.91 Å². The molecule has 1 amide bonds. The van der Waals surface area contributed by atoms with E-state index in [1.54, 1.807) is 30.4 Å². The third-order valence-corrected chi connectivity index (χ3v) is 3.47. The molecule has 0 fully saturated rings. The summed E-state index contributed by atoms with van der Waals surface area (Å²) < 4.78 is 1.03. The number of hydrogen-bond donors (Lipinski definition) is 2. The van der Waals surface area contributed by atoms with Gasteiger partial charge in [0.1, 0.15) is 0 Å². The van der Waals surface area contributed by atoms with Crippen LogP contribution in [0.3, 0.4) is 0 Å². The second-order valence-electron chi connectivity index (χ2n) is 3.38. The lowest BCUT2D eigenvalue weighted by Crippen LogP contribution is -2.37. The van der Waals surface area contributed by atoms with Gasteiger partial charge in [0.05, 0.1) is 3.79 Å². The Morgan fingerprint density at radius 1 is 1.67 bits per heavy atom. The zero-order chi connectivity index (χ0) is 11.4. The summed E-state index contributed by atoms with van der Waals surface area (Å²) in [7, 11) is 3.54. The van der Waals surface area contributed by atoms with E-state index in [0.29, 0.717) is 6.42 Å². The Labute approximate surface area is 102 Å². The number of carbonyl (C=O) groups excluding carboxylic acids is 1. The molecule has 0 aromatic carbocycles. The molecule has 0 saturated heterocycles. The van der Waals surface area contributed by atoms with Crippen molar-refractivity contribution in [1.82, 2.24) is 10.4 Å². The van der Waals surface area contributed by atoms with Crippen molar-refractivity contribution in [3.8, 4) is 0 Å². The van der Waals surface area contributed by atoms with Crippen LogP contribution in [0.4, 0.5) is 0 Å². The van der Waals surface area contributed by atoms with E-state index in [1.807, 2.05) is 12.1 Å². The van der Waals surface area contributed by atoms with Crippen molar-refractivity contribution in [2.45, 2.75) is 12.5 Å². The first-order chi connectivity index (χ1) is 6.99. The summed E-state index contributed by atoms with van der Waals surface area (Å²) >= 11 is 4.92. The number of rotatable bonds is 4. The smallest absolute Gasteiger partial charge is 0.236 e. The molecule has 6 heteroatoms. The second-order valence-corrected chi connectivity index (χ2v) is 5.88. The van der Waals surface area contributed by atoms with Gasteiger partial charge < -0.3 is 5.73 Å². The minimum absolute atomic E-state index is 0.0722. The summed E-state index contributed by atoms with van der Waals surface area (Å²) in [6.07, 6.45) is 0.297. The molecule has 0 saturated carbocycles. The zero-order valence-electron chi connectivity index (χ0n) is 8.66. The van der Waals surface area contributed by atoms with Gasteiger partial charge in [-0.3, -0.25) is 10.2 Å². The predicted molar refractivity (Wildman–Crippen MR) is 65.4 cm³/mol. The van der Waals surface area contributed by atoms with Crippen LogP contribution in [0.5, 0.6) is 0 Å². The van der Waals surface area contributed by atoms with Crippen LogP contribution in [0.2, 0.25) is 0 Å². The molecule has 0 aliphatic heterocycles. The molecule has 1 atom stereocenters.